The quantitative estimate of drug-likeness (QED) is 0.0171. The van der Waals surface area contributed by atoms with Gasteiger partial charge in [-0.3, -0.25) is 9.59 Å². The summed E-state index contributed by atoms with van der Waals surface area (Å²) in [5, 5.41) is 72.2. The molecule has 15 heteroatoms. The monoisotopic (exact) mass is 1030 g/mol. The molecule has 11 atom stereocenters. The van der Waals surface area contributed by atoms with Crippen molar-refractivity contribution in [2.24, 2.45) is 0 Å². The summed E-state index contributed by atoms with van der Waals surface area (Å²) >= 11 is 0. The third-order valence-corrected chi connectivity index (χ3v) is 14.3. The number of allylic oxidation sites excluding steroid dienone is 2. The number of unbranched alkanes of at least 4 members (excludes halogenated alkanes) is 31. The Hall–Kier alpha value is -1.76. The Kier molecular flexibility index (Phi) is 40.9. The first-order chi connectivity index (χ1) is 35.0. The predicted molar refractivity (Wildman–Crippen MR) is 280 cm³/mol. The Balaban J connectivity index is 1.75. The average Bonchev–Trinajstić information content (AvgIpc) is 3.37. The summed E-state index contributed by atoms with van der Waals surface area (Å²) in [6, 6.07) is 0. The lowest BCUT2D eigenvalue weighted by Gasteiger charge is -2.42. The first-order valence-electron chi connectivity index (χ1n) is 29.3. The zero-order chi connectivity index (χ0) is 52.4. The van der Waals surface area contributed by atoms with Gasteiger partial charge in [0, 0.05) is 12.8 Å². The Morgan fingerprint density at radius 2 is 0.819 bits per heavy atom. The van der Waals surface area contributed by atoms with Crippen LogP contribution < -0.4 is 0 Å². The lowest BCUT2D eigenvalue weighted by molar-refractivity contribution is -0.332. The molecule has 0 amide bonds. The fourth-order valence-corrected chi connectivity index (χ4v) is 9.47. The van der Waals surface area contributed by atoms with E-state index in [4.69, 9.17) is 28.4 Å². The van der Waals surface area contributed by atoms with Crippen molar-refractivity contribution in [2.45, 2.75) is 313 Å². The smallest absolute Gasteiger partial charge is 0.306 e. The van der Waals surface area contributed by atoms with Crippen molar-refractivity contribution in [3.63, 3.8) is 0 Å². The molecule has 0 aliphatic carbocycles. The molecule has 2 aliphatic rings. The molecule has 0 bridgehead atoms. The lowest BCUT2D eigenvalue weighted by atomic mass is 9.98. The van der Waals surface area contributed by atoms with Crippen LogP contribution in [0.2, 0.25) is 0 Å². The highest BCUT2D eigenvalue weighted by Crippen LogP contribution is 2.27. The maximum Gasteiger partial charge on any atom is 0.306 e. The normalized spacial score (nSPS) is 25.0. The maximum atomic E-state index is 13.1. The van der Waals surface area contributed by atoms with Crippen molar-refractivity contribution in [1.82, 2.24) is 0 Å². The molecule has 72 heavy (non-hydrogen) atoms. The topological polar surface area (TPSA) is 231 Å². The number of aliphatic hydroxyl groups is 7. The second-order valence-electron chi connectivity index (χ2n) is 20.8. The molecule has 0 aromatic carbocycles. The Morgan fingerprint density at radius 1 is 0.431 bits per heavy atom. The Labute approximate surface area is 435 Å². The van der Waals surface area contributed by atoms with Crippen LogP contribution in [0.3, 0.4) is 0 Å². The van der Waals surface area contributed by atoms with Crippen LogP contribution >= 0.6 is 0 Å². The Morgan fingerprint density at radius 3 is 1.28 bits per heavy atom. The number of aliphatic hydroxyl groups excluding tert-OH is 7. The van der Waals surface area contributed by atoms with Crippen molar-refractivity contribution >= 4 is 11.9 Å². The van der Waals surface area contributed by atoms with Gasteiger partial charge in [-0.2, -0.15) is 0 Å². The molecule has 4 unspecified atom stereocenters. The molecule has 424 valence electrons. The van der Waals surface area contributed by atoms with Crippen LogP contribution in [-0.4, -0.2) is 142 Å². The van der Waals surface area contributed by atoms with Crippen LogP contribution in [0, 0.1) is 0 Å². The fraction of sp³-hybridized carbons (Fsp3) is 0.930. The lowest BCUT2D eigenvalue weighted by Crippen LogP contribution is -2.61. The van der Waals surface area contributed by atoms with Gasteiger partial charge in [0.25, 0.3) is 0 Å². The van der Waals surface area contributed by atoms with Gasteiger partial charge >= 0.3 is 11.9 Å². The summed E-state index contributed by atoms with van der Waals surface area (Å²) in [7, 11) is 0. The third kappa shape index (κ3) is 31.3. The summed E-state index contributed by atoms with van der Waals surface area (Å²) < 4.78 is 33.6. The highest BCUT2D eigenvalue weighted by atomic mass is 16.7. The molecule has 2 rings (SSSR count). The largest absolute Gasteiger partial charge is 0.462 e. The van der Waals surface area contributed by atoms with Crippen LogP contribution in [0.5, 0.6) is 0 Å². The molecule has 2 aliphatic heterocycles. The zero-order valence-corrected chi connectivity index (χ0v) is 45.2. The van der Waals surface area contributed by atoms with Crippen LogP contribution in [0.25, 0.3) is 0 Å². The second kappa shape index (κ2) is 44.4. The molecule has 15 nitrogen and oxygen atoms in total. The van der Waals surface area contributed by atoms with E-state index in [9.17, 15) is 45.3 Å². The van der Waals surface area contributed by atoms with Gasteiger partial charge in [-0.15, -0.1) is 0 Å². The minimum Gasteiger partial charge on any atom is -0.462 e. The van der Waals surface area contributed by atoms with Gasteiger partial charge < -0.3 is 64.2 Å². The minimum atomic E-state index is -1.77. The molecular formula is C57H106O15. The highest BCUT2D eigenvalue weighted by Gasteiger charge is 2.47. The molecule has 0 saturated carbocycles. The number of esters is 2. The highest BCUT2D eigenvalue weighted by molar-refractivity contribution is 5.70. The number of hydrogen-bond acceptors (Lipinski definition) is 15. The molecule has 0 spiro atoms. The number of hydrogen-bond donors (Lipinski definition) is 7. The Bertz CT molecular complexity index is 1300. The molecule has 0 aromatic heterocycles. The predicted octanol–water partition coefficient (Wildman–Crippen LogP) is 9.72. The van der Waals surface area contributed by atoms with E-state index in [-0.39, 0.29) is 26.1 Å². The van der Waals surface area contributed by atoms with Gasteiger partial charge in [0.2, 0.25) is 0 Å². The number of rotatable bonds is 47. The first kappa shape index (κ1) is 66.4. The number of carbonyl (C=O) groups is 2. The number of carbonyl (C=O) groups excluding carboxylic acids is 2. The van der Waals surface area contributed by atoms with Gasteiger partial charge in [0.05, 0.1) is 19.8 Å². The van der Waals surface area contributed by atoms with Crippen LogP contribution in [-0.2, 0) is 38.0 Å². The van der Waals surface area contributed by atoms with Crippen molar-refractivity contribution in [3.8, 4) is 0 Å². The van der Waals surface area contributed by atoms with Crippen molar-refractivity contribution in [1.29, 1.82) is 0 Å². The first-order valence-corrected chi connectivity index (χ1v) is 29.3. The summed E-state index contributed by atoms with van der Waals surface area (Å²) in [6.45, 7) is 2.60. The van der Waals surface area contributed by atoms with E-state index in [2.05, 4.69) is 19.9 Å². The molecular weight excluding hydrogens is 925 g/mol. The molecule has 2 heterocycles. The summed E-state index contributed by atoms with van der Waals surface area (Å²) in [5.41, 5.74) is 0. The van der Waals surface area contributed by atoms with E-state index < -0.39 is 92.7 Å². The molecule has 2 fully saturated rings. The van der Waals surface area contributed by atoms with Gasteiger partial charge in [0.15, 0.2) is 18.7 Å². The molecule has 7 N–H and O–H groups in total. The van der Waals surface area contributed by atoms with Gasteiger partial charge in [-0.1, -0.05) is 219 Å². The molecule has 2 saturated heterocycles. The minimum absolute atomic E-state index is 0.139. The number of ether oxygens (including phenoxy) is 6. The van der Waals surface area contributed by atoms with E-state index in [1.54, 1.807) is 0 Å². The van der Waals surface area contributed by atoms with Crippen LogP contribution in [0.4, 0.5) is 0 Å². The van der Waals surface area contributed by atoms with Crippen LogP contribution in [0.15, 0.2) is 12.2 Å². The standard InChI is InChI=1S/C57H106O15/c1-3-5-7-9-11-13-15-17-19-20-21-22-23-24-26-28-30-32-34-36-38-40-49(60)70-45(42-67-48(59)39-37-35-33-31-29-27-25-18-16-14-12-10-8-6-4-2)43-68-56-55(66)53(64)51(62)47(72-56)44-69-57-54(65)52(63)50(61)46(41-58)71-57/h33,35,45-47,50-58,61-66H,3-32,34,36-44H2,1-2H3/b35-33+/t45-,46+,47+,50-,51-,52?,53?,54?,55?,56+,57+/m1/s1. The van der Waals surface area contributed by atoms with E-state index in [0.717, 1.165) is 32.1 Å². The molecule has 0 aromatic rings. The maximum absolute atomic E-state index is 13.1. The van der Waals surface area contributed by atoms with Crippen molar-refractivity contribution < 1.29 is 73.8 Å². The van der Waals surface area contributed by atoms with E-state index in [0.29, 0.717) is 12.8 Å². The van der Waals surface area contributed by atoms with E-state index >= 15 is 0 Å². The second-order valence-corrected chi connectivity index (χ2v) is 20.8. The zero-order valence-electron chi connectivity index (χ0n) is 45.2. The van der Waals surface area contributed by atoms with Crippen molar-refractivity contribution in [2.75, 3.05) is 26.4 Å². The molecule has 0 radical (unpaired) electrons. The summed E-state index contributed by atoms with van der Waals surface area (Å²) in [5.74, 6) is -0.966. The summed E-state index contributed by atoms with van der Waals surface area (Å²) in [6.07, 6.45) is 29.6. The van der Waals surface area contributed by atoms with E-state index in [1.165, 1.54) is 173 Å². The van der Waals surface area contributed by atoms with Crippen LogP contribution in [0.1, 0.15) is 245 Å². The third-order valence-electron chi connectivity index (χ3n) is 14.3. The average molecular weight is 1030 g/mol. The van der Waals surface area contributed by atoms with Gasteiger partial charge in [-0.05, 0) is 25.7 Å². The van der Waals surface area contributed by atoms with Gasteiger partial charge in [-0.25, -0.2) is 0 Å². The fourth-order valence-electron chi connectivity index (χ4n) is 9.47. The summed E-state index contributed by atoms with van der Waals surface area (Å²) in [4.78, 5) is 25.8. The van der Waals surface area contributed by atoms with Gasteiger partial charge in [0.1, 0.15) is 55.4 Å². The van der Waals surface area contributed by atoms with E-state index in [1.807, 2.05) is 6.08 Å². The SMILES string of the molecule is CCCCCCCCCCCCC/C=C/CCC(=O)OC[C@H](CO[C@H]1O[C@@H](CO[C@H]2O[C@@H](CO)[C@@H](O)C(O)C2O)[C@@H](O)C(O)C1O)OC(=O)CCCCCCCCCCCCCCCCCCCCCCC. The van der Waals surface area contributed by atoms with Crippen molar-refractivity contribution in [3.05, 3.63) is 12.2 Å².